The number of nitrogens with zero attached hydrogens (tertiary/aromatic N) is 3. The number of ether oxygens (including phenoxy) is 1. The Labute approximate surface area is 232 Å². The van der Waals surface area contributed by atoms with Crippen molar-refractivity contribution in [1.82, 2.24) is 19.1 Å². The van der Waals surface area contributed by atoms with Gasteiger partial charge in [-0.15, -0.1) is 0 Å². The molecule has 3 aromatic carbocycles. The molecule has 11 heteroatoms. The van der Waals surface area contributed by atoms with Crippen LogP contribution in [0.1, 0.15) is 23.6 Å². The Morgan fingerprint density at radius 2 is 1.73 bits per heavy atom. The molecule has 0 aliphatic carbocycles. The van der Waals surface area contributed by atoms with Crippen molar-refractivity contribution in [3.63, 3.8) is 0 Å². The van der Waals surface area contributed by atoms with Crippen molar-refractivity contribution < 1.29 is 13.5 Å². The molecule has 9 nitrogen and oxygen atoms in total. The van der Waals surface area contributed by atoms with Crippen LogP contribution in [-0.2, 0) is 13.1 Å². The van der Waals surface area contributed by atoms with Gasteiger partial charge in [0.1, 0.15) is 5.75 Å². The maximum Gasteiger partial charge on any atom is 0.355 e. The molecule has 0 saturated carbocycles. The number of halogens is 2. The van der Waals surface area contributed by atoms with Crippen LogP contribution in [0.4, 0.5) is 20.4 Å². The fraction of sp³-hybridized carbons (Fsp3) is 0.133. The van der Waals surface area contributed by atoms with Gasteiger partial charge >= 0.3 is 11.4 Å². The molecule has 2 heterocycles. The van der Waals surface area contributed by atoms with Crippen molar-refractivity contribution in [2.45, 2.75) is 20.0 Å². The molecule has 0 amide bonds. The Balaban J connectivity index is 1.63. The Hall–Kier alpha value is -5.32. The smallest absolute Gasteiger partial charge is 0.355 e. The number of aromatic nitrogens is 4. The Bertz CT molecular complexity index is 1980. The lowest BCUT2D eigenvalue weighted by Crippen LogP contribution is -2.43. The minimum Gasteiger partial charge on any atom is -0.497 e. The molecule has 0 radical (unpaired) electrons. The van der Waals surface area contributed by atoms with Crippen molar-refractivity contribution in [3.05, 3.63) is 133 Å². The van der Waals surface area contributed by atoms with E-state index in [1.165, 1.54) is 20.1 Å². The van der Waals surface area contributed by atoms with E-state index in [0.717, 1.165) is 20.6 Å². The molecule has 5 rings (SSSR count). The van der Waals surface area contributed by atoms with Gasteiger partial charge in [0.2, 0.25) is 5.95 Å². The zero-order valence-corrected chi connectivity index (χ0v) is 22.2. The highest BCUT2D eigenvalue weighted by atomic mass is 19.2. The van der Waals surface area contributed by atoms with Gasteiger partial charge in [0.25, 0.3) is 5.56 Å². The molecule has 0 aliphatic rings. The number of para-hydroxylation sites is 1. The first-order valence-electron chi connectivity index (χ1n) is 12.5. The van der Waals surface area contributed by atoms with E-state index >= 15 is 0 Å². The first-order chi connectivity index (χ1) is 19.6. The summed E-state index contributed by atoms with van der Waals surface area (Å²) in [4.78, 5) is 46.5. The molecule has 2 aromatic heterocycles. The van der Waals surface area contributed by atoms with Crippen LogP contribution in [0.15, 0.2) is 87.7 Å². The predicted octanol–water partition coefficient (Wildman–Crippen LogP) is 4.41. The molecule has 5 aromatic rings. The summed E-state index contributed by atoms with van der Waals surface area (Å²) >= 11 is 0. The van der Waals surface area contributed by atoms with E-state index in [9.17, 15) is 23.2 Å². The number of rotatable bonds is 8. The van der Waals surface area contributed by atoms with Crippen molar-refractivity contribution >= 4 is 28.1 Å². The number of hydrogen-bond donors (Lipinski definition) is 2. The number of anilines is 2. The minimum absolute atomic E-state index is 0.0401. The van der Waals surface area contributed by atoms with Gasteiger partial charge in [0.05, 0.1) is 20.2 Å². The molecule has 0 atom stereocenters. The molecule has 0 unspecified atom stereocenters. The topological polar surface area (TPSA) is 111 Å². The highest BCUT2D eigenvalue weighted by Crippen LogP contribution is 2.23. The Morgan fingerprint density at radius 1 is 1.00 bits per heavy atom. The van der Waals surface area contributed by atoms with E-state index in [-0.39, 0.29) is 35.7 Å². The molecule has 0 saturated heterocycles. The van der Waals surface area contributed by atoms with Gasteiger partial charge in [-0.2, -0.15) is 4.98 Å². The second-order valence-electron chi connectivity index (χ2n) is 9.46. The summed E-state index contributed by atoms with van der Waals surface area (Å²) in [6, 6.07) is 17.7. The second-order valence-corrected chi connectivity index (χ2v) is 9.46. The number of allylic oxidation sites excluding steroid dienone is 1. The van der Waals surface area contributed by atoms with Crippen LogP contribution in [0, 0.1) is 11.6 Å². The number of fused-ring (bicyclic) bond motifs is 1. The molecule has 0 fully saturated rings. The summed E-state index contributed by atoms with van der Waals surface area (Å²) in [5.74, 6) is -1.70. The number of aromatic amines is 1. The number of nitrogens with one attached hydrogen (secondary N) is 2. The summed E-state index contributed by atoms with van der Waals surface area (Å²) in [6.07, 6.45) is 0. The van der Waals surface area contributed by atoms with E-state index in [2.05, 4.69) is 21.9 Å². The number of hydrogen-bond acceptors (Lipinski definition) is 6. The standard InChI is InChI=1S/C30H25F2N5O4/c1-17(2)23-12-18(13-24(31)26(23)32)15-36-28(33-21-8-10-22(41-3)11-9-21)35-29(39)37(30(36)40)16-20-14-19-6-4-5-7-25(19)34-27(20)38/h4-14H,1,15-16H2,2-3H3,(H,34,38)(H,33,35,39). The van der Waals surface area contributed by atoms with E-state index in [0.29, 0.717) is 22.5 Å². The lowest BCUT2D eigenvalue weighted by Gasteiger charge is -2.17. The van der Waals surface area contributed by atoms with Gasteiger partial charge in [0, 0.05) is 22.3 Å². The van der Waals surface area contributed by atoms with Crippen molar-refractivity contribution in [2.24, 2.45) is 0 Å². The predicted molar refractivity (Wildman–Crippen MR) is 153 cm³/mol. The van der Waals surface area contributed by atoms with Gasteiger partial charge in [-0.05, 0) is 72.0 Å². The molecular formula is C30H25F2N5O4. The average Bonchev–Trinajstić information content (AvgIpc) is 2.95. The molecule has 2 N–H and O–H groups in total. The number of H-pyrrole nitrogens is 1. The zero-order chi connectivity index (χ0) is 29.3. The fourth-order valence-electron chi connectivity index (χ4n) is 4.42. The Morgan fingerprint density at radius 3 is 2.44 bits per heavy atom. The van der Waals surface area contributed by atoms with Crippen molar-refractivity contribution in [2.75, 3.05) is 12.4 Å². The average molecular weight is 558 g/mol. The third-order valence-electron chi connectivity index (χ3n) is 6.54. The van der Waals surface area contributed by atoms with E-state index in [4.69, 9.17) is 4.74 Å². The van der Waals surface area contributed by atoms with Gasteiger partial charge in [-0.1, -0.05) is 24.8 Å². The second kappa shape index (κ2) is 11.0. The SMILES string of the molecule is C=C(C)c1cc(Cn2c(Nc3ccc(OC)cc3)nc(=O)n(Cc3cc4ccccc4[nH]c3=O)c2=O)cc(F)c1F. The summed E-state index contributed by atoms with van der Waals surface area (Å²) in [7, 11) is 1.52. The summed E-state index contributed by atoms with van der Waals surface area (Å²) in [5, 5.41) is 3.66. The van der Waals surface area contributed by atoms with E-state index < -0.39 is 28.6 Å². The van der Waals surface area contributed by atoms with Gasteiger partial charge in [-0.25, -0.2) is 22.9 Å². The largest absolute Gasteiger partial charge is 0.497 e. The first kappa shape index (κ1) is 27.3. The number of methoxy groups -OCH3 is 1. The quantitative estimate of drug-likeness (QED) is 0.293. The van der Waals surface area contributed by atoms with Crippen LogP contribution in [0.3, 0.4) is 0 Å². The summed E-state index contributed by atoms with van der Waals surface area (Å²) < 4.78 is 36.0. The van der Waals surface area contributed by atoms with Crippen LogP contribution in [0.5, 0.6) is 5.75 Å². The molecule has 0 bridgehead atoms. The molecule has 41 heavy (non-hydrogen) atoms. The Kier molecular flexibility index (Phi) is 7.34. The van der Waals surface area contributed by atoms with E-state index in [1.807, 2.05) is 0 Å². The van der Waals surface area contributed by atoms with Crippen molar-refractivity contribution in [1.29, 1.82) is 0 Å². The monoisotopic (exact) mass is 557 g/mol. The molecule has 208 valence electrons. The number of pyridine rings is 1. The summed E-state index contributed by atoms with van der Waals surface area (Å²) in [5.41, 5.74) is -0.418. The van der Waals surface area contributed by atoms with E-state index in [1.54, 1.807) is 54.6 Å². The highest BCUT2D eigenvalue weighted by Gasteiger charge is 2.18. The van der Waals surface area contributed by atoms with Gasteiger partial charge in [0.15, 0.2) is 11.6 Å². The first-order valence-corrected chi connectivity index (χ1v) is 12.5. The van der Waals surface area contributed by atoms with Crippen LogP contribution in [0.25, 0.3) is 16.5 Å². The lowest BCUT2D eigenvalue weighted by molar-refractivity contribution is 0.415. The minimum atomic E-state index is -1.11. The highest BCUT2D eigenvalue weighted by molar-refractivity contribution is 5.78. The lowest BCUT2D eigenvalue weighted by atomic mass is 10.0. The normalized spacial score (nSPS) is 11.0. The molecule has 0 spiro atoms. The molecule has 0 aliphatic heterocycles. The fourth-order valence-corrected chi connectivity index (χ4v) is 4.42. The van der Waals surface area contributed by atoms with Crippen molar-refractivity contribution in [3.8, 4) is 5.75 Å². The third-order valence-corrected chi connectivity index (χ3v) is 6.54. The maximum atomic E-state index is 14.5. The van der Waals surface area contributed by atoms with Gasteiger partial charge < -0.3 is 15.0 Å². The maximum absolute atomic E-state index is 14.5. The van der Waals surface area contributed by atoms with Gasteiger partial charge in [-0.3, -0.25) is 9.36 Å². The number of benzene rings is 3. The van der Waals surface area contributed by atoms with Crippen LogP contribution < -0.4 is 27.0 Å². The third kappa shape index (κ3) is 5.55. The zero-order valence-electron chi connectivity index (χ0n) is 22.2. The van der Waals surface area contributed by atoms with Crippen LogP contribution in [0.2, 0.25) is 0 Å². The summed E-state index contributed by atoms with van der Waals surface area (Å²) in [6.45, 7) is 4.60. The van der Waals surface area contributed by atoms with Crippen LogP contribution in [-0.4, -0.2) is 26.2 Å². The molecular weight excluding hydrogens is 532 g/mol. The van der Waals surface area contributed by atoms with Crippen LogP contribution >= 0.6 is 0 Å².